The van der Waals surface area contributed by atoms with E-state index in [9.17, 15) is 0 Å². The van der Waals surface area contributed by atoms with Crippen LogP contribution in [0.2, 0.25) is 0 Å². The first-order valence-electron chi connectivity index (χ1n) is 4.93. The summed E-state index contributed by atoms with van der Waals surface area (Å²) < 4.78 is 4.82. The Kier molecular flexibility index (Phi) is 3.56. The summed E-state index contributed by atoms with van der Waals surface area (Å²) >= 11 is 2.08. The molecule has 0 aromatic carbocycles. The Hall–Kier alpha value is -0.230. The van der Waals surface area contributed by atoms with Gasteiger partial charge in [-0.2, -0.15) is 0 Å². The molecule has 2 nitrogen and oxygen atoms in total. The maximum atomic E-state index is 4.59. The van der Waals surface area contributed by atoms with Crippen molar-refractivity contribution >= 4 is 41.2 Å². The SMILES string of the molecule is Cc1nc(N(C)C)sc1C1C=CI=CC1. The molecule has 1 aromatic heterocycles. The van der Waals surface area contributed by atoms with Crippen molar-refractivity contribution in [1.82, 2.24) is 4.98 Å². The third-order valence-corrected chi connectivity index (χ3v) is 5.65. The predicted octanol–water partition coefficient (Wildman–Crippen LogP) is 3.29. The molecule has 0 saturated carbocycles. The number of allylic oxidation sites excluding steroid dienone is 1. The lowest BCUT2D eigenvalue weighted by molar-refractivity contribution is 0.915. The van der Waals surface area contributed by atoms with Crippen LogP contribution in [-0.2, 0) is 0 Å². The van der Waals surface area contributed by atoms with Crippen LogP contribution in [-0.4, -0.2) is 23.1 Å². The zero-order valence-corrected chi connectivity index (χ0v) is 12.2. The Labute approximate surface area is 105 Å². The van der Waals surface area contributed by atoms with E-state index < -0.39 is 0 Å². The van der Waals surface area contributed by atoms with Crippen molar-refractivity contribution in [3.8, 4) is 0 Å². The average molecular weight is 334 g/mol. The van der Waals surface area contributed by atoms with Crippen molar-refractivity contribution in [3.05, 3.63) is 20.7 Å². The molecule has 0 N–H and O–H groups in total. The summed E-state index contributed by atoms with van der Waals surface area (Å²) in [7, 11) is 4.10. The summed E-state index contributed by atoms with van der Waals surface area (Å²) in [6, 6.07) is 0. The van der Waals surface area contributed by atoms with Crippen molar-refractivity contribution in [2.75, 3.05) is 19.0 Å². The topological polar surface area (TPSA) is 16.1 Å². The molecule has 2 heterocycles. The predicted molar refractivity (Wildman–Crippen MR) is 77.8 cm³/mol. The van der Waals surface area contributed by atoms with Gasteiger partial charge in [0.05, 0.1) is 5.69 Å². The number of rotatable bonds is 2. The lowest BCUT2D eigenvalue weighted by atomic mass is 10.0. The van der Waals surface area contributed by atoms with Crippen LogP contribution in [0.4, 0.5) is 5.13 Å². The Morgan fingerprint density at radius 2 is 2.33 bits per heavy atom. The van der Waals surface area contributed by atoms with Gasteiger partial charge in [-0.05, 0) is 17.4 Å². The first kappa shape index (κ1) is 11.3. The summed E-state index contributed by atoms with van der Waals surface area (Å²) in [6.45, 7) is 2.12. The van der Waals surface area contributed by atoms with E-state index in [0.29, 0.717) is 5.92 Å². The van der Waals surface area contributed by atoms with Gasteiger partial charge in [-0.25, -0.2) is 4.98 Å². The van der Waals surface area contributed by atoms with Crippen molar-refractivity contribution in [2.45, 2.75) is 19.3 Å². The van der Waals surface area contributed by atoms with Crippen LogP contribution in [0.25, 0.3) is 0 Å². The minimum Gasteiger partial charge on any atom is -0.354 e. The fourth-order valence-corrected chi connectivity index (χ4v) is 4.49. The van der Waals surface area contributed by atoms with E-state index in [0.717, 1.165) is 5.13 Å². The Balaban J connectivity index is 2.28. The zero-order valence-electron chi connectivity index (χ0n) is 9.20. The van der Waals surface area contributed by atoms with Crippen LogP contribution in [0.15, 0.2) is 10.2 Å². The standard InChI is InChI=1S/C11H15IN2S/c1-8-10(9-4-6-12-7-5-9)15-11(13-8)14(2)3/h4,6-7,9H,5H2,1-3H3. The zero-order chi connectivity index (χ0) is 10.8. The molecule has 0 saturated heterocycles. The number of anilines is 1. The van der Waals surface area contributed by atoms with Gasteiger partial charge in [0.2, 0.25) is 0 Å². The first-order valence-corrected chi connectivity index (χ1v) is 8.24. The molecule has 4 heteroatoms. The molecule has 0 amide bonds. The summed E-state index contributed by atoms with van der Waals surface area (Å²) in [5, 5.41) is 1.12. The van der Waals surface area contributed by atoms with E-state index in [-0.39, 0.29) is 20.7 Å². The normalized spacial score (nSPS) is 20.1. The van der Waals surface area contributed by atoms with Gasteiger partial charge in [-0.3, -0.25) is 0 Å². The highest BCUT2D eigenvalue weighted by molar-refractivity contribution is 14.2. The van der Waals surface area contributed by atoms with Crippen LogP contribution in [0.3, 0.4) is 0 Å². The molecule has 0 spiro atoms. The molecule has 0 aliphatic carbocycles. The molecule has 0 bridgehead atoms. The van der Waals surface area contributed by atoms with Crippen LogP contribution in [0.1, 0.15) is 22.9 Å². The first-order chi connectivity index (χ1) is 7.18. The minimum atomic E-state index is 0.248. The van der Waals surface area contributed by atoms with Gasteiger partial charge in [-0.15, -0.1) is 11.3 Å². The second-order valence-electron chi connectivity index (χ2n) is 3.78. The molecule has 1 aromatic rings. The molecule has 1 aliphatic heterocycles. The number of halogens is 1. The molecule has 82 valence electrons. The van der Waals surface area contributed by atoms with E-state index in [1.807, 2.05) is 11.3 Å². The largest absolute Gasteiger partial charge is 0.354 e. The Morgan fingerprint density at radius 1 is 1.53 bits per heavy atom. The second kappa shape index (κ2) is 4.74. The second-order valence-corrected chi connectivity index (χ2v) is 7.11. The number of hydrogen-bond donors (Lipinski definition) is 0. The number of hydrogen-bond acceptors (Lipinski definition) is 3. The van der Waals surface area contributed by atoms with Gasteiger partial charge in [0.1, 0.15) is 0 Å². The highest BCUT2D eigenvalue weighted by atomic mass is 127. The summed E-state index contributed by atoms with van der Waals surface area (Å²) in [5.41, 5.74) is 1.20. The van der Waals surface area contributed by atoms with E-state index >= 15 is 0 Å². The number of nitrogens with zero attached hydrogens (tertiary/aromatic N) is 2. The van der Waals surface area contributed by atoms with E-state index in [1.165, 1.54) is 17.0 Å². The molecule has 1 aliphatic rings. The molecule has 0 fully saturated rings. The lowest BCUT2D eigenvalue weighted by Crippen LogP contribution is -2.07. The van der Waals surface area contributed by atoms with Gasteiger partial charge in [0, 0.05) is 24.9 Å². The quantitative estimate of drug-likeness (QED) is 0.772. The smallest absolute Gasteiger partial charge is 0.185 e. The van der Waals surface area contributed by atoms with Crippen LogP contribution in [0, 0.1) is 6.92 Å². The minimum absolute atomic E-state index is 0.248. The number of thiazole rings is 1. The maximum Gasteiger partial charge on any atom is 0.185 e. The van der Waals surface area contributed by atoms with Gasteiger partial charge in [-0.1, -0.05) is 30.8 Å². The summed E-state index contributed by atoms with van der Waals surface area (Å²) in [6.07, 6.45) is 3.58. The molecular formula is C11H15IN2S. The molecule has 2 rings (SSSR count). The molecule has 15 heavy (non-hydrogen) atoms. The third-order valence-electron chi connectivity index (χ3n) is 2.35. The summed E-state index contributed by atoms with van der Waals surface area (Å²) in [5.74, 6) is 0.588. The van der Waals surface area contributed by atoms with Crippen molar-refractivity contribution in [2.24, 2.45) is 0 Å². The highest BCUT2D eigenvalue weighted by Crippen LogP contribution is 2.35. The Morgan fingerprint density at radius 3 is 2.87 bits per heavy atom. The fraction of sp³-hybridized carbons (Fsp3) is 0.455. The molecule has 1 atom stereocenters. The van der Waals surface area contributed by atoms with Gasteiger partial charge < -0.3 is 4.90 Å². The van der Waals surface area contributed by atoms with E-state index in [4.69, 9.17) is 0 Å². The summed E-state index contributed by atoms with van der Waals surface area (Å²) in [4.78, 5) is 8.12. The van der Waals surface area contributed by atoms with Crippen molar-refractivity contribution < 1.29 is 0 Å². The van der Waals surface area contributed by atoms with Crippen molar-refractivity contribution in [3.63, 3.8) is 0 Å². The van der Waals surface area contributed by atoms with Gasteiger partial charge in [0.25, 0.3) is 0 Å². The molecule has 1 unspecified atom stereocenters. The monoisotopic (exact) mass is 334 g/mol. The third kappa shape index (κ3) is 2.47. The van der Waals surface area contributed by atoms with E-state index in [2.05, 4.69) is 45.1 Å². The van der Waals surface area contributed by atoms with Crippen LogP contribution < -0.4 is 4.90 Å². The highest BCUT2D eigenvalue weighted by Gasteiger charge is 2.16. The van der Waals surface area contributed by atoms with E-state index in [1.54, 1.807) is 0 Å². The van der Waals surface area contributed by atoms with Crippen molar-refractivity contribution in [1.29, 1.82) is 0 Å². The van der Waals surface area contributed by atoms with Crippen LogP contribution in [0.5, 0.6) is 0 Å². The number of aromatic nitrogens is 1. The lowest BCUT2D eigenvalue weighted by Gasteiger charge is -2.10. The number of aryl methyl sites for hydroxylation is 1. The molecule has 0 radical (unpaired) electrons. The van der Waals surface area contributed by atoms with Gasteiger partial charge >= 0.3 is 0 Å². The average Bonchev–Trinajstić information content (AvgIpc) is 2.62. The maximum absolute atomic E-state index is 4.59. The van der Waals surface area contributed by atoms with Gasteiger partial charge in [0.15, 0.2) is 5.13 Å². The molecular weight excluding hydrogens is 319 g/mol. The van der Waals surface area contributed by atoms with Crippen LogP contribution >= 0.6 is 32.1 Å². The fourth-order valence-electron chi connectivity index (χ4n) is 1.53. The Bertz CT molecular complexity index is 407.